The average molecular weight is 425 g/mol. The second kappa shape index (κ2) is 8.83. The molecule has 1 heterocycles. The van der Waals surface area contributed by atoms with Crippen LogP contribution in [0, 0.1) is 0 Å². The van der Waals surface area contributed by atoms with Crippen molar-refractivity contribution in [3.63, 3.8) is 0 Å². The Morgan fingerprint density at radius 1 is 1.10 bits per heavy atom. The van der Waals surface area contributed by atoms with Crippen LogP contribution in [0.15, 0.2) is 46.2 Å². The Morgan fingerprint density at radius 2 is 1.87 bits per heavy atom. The SMILES string of the molecule is COc1ccc(C=C2Sc3ccc(C(=O)NC4CCCC4)cc3NC2=O)cc1OC. The van der Waals surface area contributed by atoms with Crippen LogP contribution in [0.4, 0.5) is 5.69 Å². The van der Waals surface area contributed by atoms with E-state index < -0.39 is 0 Å². The molecule has 2 amide bonds. The number of thioether (sulfide) groups is 1. The Bertz CT molecular complexity index is 1010. The zero-order valence-corrected chi connectivity index (χ0v) is 17.8. The van der Waals surface area contributed by atoms with Gasteiger partial charge in [0, 0.05) is 16.5 Å². The molecule has 2 N–H and O–H groups in total. The number of fused-ring (bicyclic) bond motifs is 1. The maximum Gasteiger partial charge on any atom is 0.262 e. The van der Waals surface area contributed by atoms with E-state index in [4.69, 9.17) is 9.47 Å². The Hall–Kier alpha value is -2.93. The van der Waals surface area contributed by atoms with Gasteiger partial charge in [-0.25, -0.2) is 0 Å². The highest BCUT2D eigenvalue weighted by Crippen LogP contribution is 2.40. The maximum atomic E-state index is 12.6. The molecule has 2 aromatic rings. The molecule has 0 radical (unpaired) electrons. The number of nitrogens with one attached hydrogen (secondary N) is 2. The van der Waals surface area contributed by atoms with E-state index in [1.165, 1.54) is 11.8 Å². The molecule has 1 saturated carbocycles. The molecule has 6 nitrogen and oxygen atoms in total. The van der Waals surface area contributed by atoms with Gasteiger partial charge in [-0.05, 0) is 54.8 Å². The van der Waals surface area contributed by atoms with Crippen LogP contribution in [-0.2, 0) is 4.79 Å². The number of hydrogen-bond acceptors (Lipinski definition) is 5. The van der Waals surface area contributed by atoms with Crippen molar-refractivity contribution in [3.05, 3.63) is 52.4 Å². The largest absolute Gasteiger partial charge is 0.493 e. The molecule has 0 saturated heterocycles. The lowest BCUT2D eigenvalue weighted by Gasteiger charge is -2.20. The molecule has 0 unspecified atom stereocenters. The third-order valence-corrected chi connectivity index (χ3v) is 6.43. The maximum absolute atomic E-state index is 12.6. The number of rotatable bonds is 5. The summed E-state index contributed by atoms with van der Waals surface area (Å²) < 4.78 is 10.6. The van der Waals surface area contributed by atoms with Crippen molar-refractivity contribution < 1.29 is 19.1 Å². The summed E-state index contributed by atoms with van der Waals surface area (Å²) in [5.74, 6) is 0.951. The lowest BCUT2D eigenvalue weighted by atomic mass is 10.1. The van der Waals surface area contributed by atoms with E-state index in [1.54, 1.807) is 26.4 Å². The highest BCUT2D eigenvalue weighted by molar-refractivity contribution is 8.04. The van der Waals surface area contributed by atoms with Gasteiger partial charge in [0.05, 0.1) is 24.8 Å². The second-order valence-electron chi connectivity index (χ2n) is 7.34. The fourth-order valence-electron chi connectivity index (χ4n) is 3.73. The van der Waals surface area contributed by atoms with Crippen LogP contribution < -0.4 is 20.1 Å². The zero-order valence-electron chi connectivity index (χ0n) is 17.0. The first-order valence-corrected chi connectivity index (χ1v) is 10.8. The van der Waals surface area contributed by atoms with Crippen molar-refractivity contribution in [2.75, 3.05) is 19.5 Å². The predicted molar refractivity (Wildman–Crippen MR) is 118 cm³/mol. The van der Waals surface area contributed by atoms with E-state index in [0.717, 1.165) is 36.1 Å². The van der Waals surface area contributed by atoms with Crippen LogP contribution in [0.3, 0.4) is 0 Å². The molecule has 0 aromatic heterocycles. The summed E-state index contributed by atoms with van der Waals surface area (Å²) in [4.78, 5) is 26.6. The fourth-order valence-corrected chi connectivity index (χ4v) is 4.67. The van der Waals surface area contributed by atoms with Gasteiger partial charge in [-0.1, -0.05) is 30.7 Å². The Labute approximate surface area is 180 Å². The molecule has 7 heteroatoms. The summed E-state index contributed by atoms with van der Waals surface area (Å²) in [5, 5.41) is 5.99. The number of ether oxygens (including phenoxy) is 2. The molecule has 0 bridgehead atoms. The minimum absolute atomic E-state index is 0.0874. The summed E-state index contributed by atoms with van der Waals surface area (Å²) >= 11 is 1.38. The second-order valence-corrected chi connectivity index (χ2v) is 8.43. The van der Waals surface area contributed by atoms with E-state index in [2.05, 4.69) is 10.6 Å². The van der Waals surface area contributed by atoms with E-state index in [0.29, 0.717) is 27.7 Å². The number of carbonyl (C=O) groups is 2. The van der Waals surface area contributed by atoms with Crippen molar-refractivity contribution in [1.82, 2.24) is 5.32 Å². The number of methoxy groups -OCH3 is 2. The summed E-state index contributed by atoms with van der Waals surface area (Å²) in [6.45, 7) is 0. The molecule has 0 atom stereocenters. The number of anilines is 1. The summed E-state index contributed by atoms with van der Waals surface area (Å²) in [6.07, 6.45) is 6.21. The van der Waals surface area contributed by atoms with Gasteiger partial charge in [0.1, 0.15) is 0 Å². The fraction of sp³-hybridized carbons (Fsp3) is 0.304. The lowest BCUT2D eigenvalue weighted by molar-refractivity contribution is -0.112. The number of amides is 2. The first-order chi connectivity index (χ1) is 14.6. The Balaban J connectivity index is 1.53. The van der Waals surface area contributed by atoms with E-state index >= 15 is 0 Å². The molecule has 1 aliphatic heterocycles. The van der Waals surface area contributed by atoms with Gasteiger partial charge in [0.15, 0.2) is 11.5 Å². The molecular weight excluding hydrogens is 400 g/mol. The van der Waals surface area contributed by atoms with Gasteiger partial charge in [0.25, 0.3) is 11.8 Å². The normalized spacial score (nSPS) is 17.4. The molecule has 4 rings (SSSR count). The van der Waals surface area contributed by atoms with E-state index in [1.807, 2.05) is 30.3 Å². The van der Waals surface area contributed by atoms with Crippen LogP contribution in [0.25, 0.3) is 6.08 Å². The topological polar surface area (TPSA) is 76.7 Å². The molecular formula is C23H24N2O4S. The molecule has 1 fully saturated rings. The summed E-state index contributed by atoms with van der Waals surface area (Å²) in [5.41, 5.74) is 2.06. The average Bonchev–Trinajstić information content (AvgIpc) is 3.26. The lowest BCUT2D eigenvalue weighted by Crippen LogP contribution is -2.32. The van der Waals surface area contributed by atoms with Crippen molar-refractivity contribution in [3.8, 4) is 11.5 Å². The quantitative estimate of drug-likeness (QED) is 0.693. The summed E-state index contributed by atoms with van der Waals surface area (Å²) in [7, 11) is 3.16. The molecule has 0 spiro atoms. The monoisotopic (exact) mass is 424 g/mol. The minimum atomic E-state index is -0.198. The smallest absolute Gasteiger partial charge is 0.262 e. The Kier molecular flexibility index (Phi) is 5.99. The van der Waals surface area contributed by atoms with Gasteiger partial charge in [-0.15, -0.1) is 0 Å². The van der Waals surface area contributed by atoms with Gasteiger partial charge in [-0.3, -0.25) is 9.59 Å². The van der Waals surface area contributed by atoms with Gasteiger partial charge in [0.2, 0.25) is 0 Å². The van der Waals surface area contributed by atoms with Gasteiger partial charge < -0.3 is 20.1 Å². The highest BCUT2D eigenvalue weighted by atomic mass is 32.2. The van der Waals surface area contributed by atoms with Crippen LogP contribution >= 0.6 is 11.8 Å². The third-order valence-electron chi connectivity index (χ3n) is 5.33. The van der Waals surface area contributed by atoms with Crippen LogP contribution in [0.1, 0.15) is 41.6 Å². The number of benzene rings is 2. The van der Waals surface area contributed by atoms with Crippen molar-refractivity contribution in [1.29, 1.82) is 0 Å². The number of hydrogen-bond donors (Lipinski definition) is 2. The molecule has 30 heavy (non-hydrogen) atoms. The molecule has 2 aromatic carbocycles. The standard InChI is InChI=1S/C23H24N2O4S/c1-28-18-9-7-14(11-19(18)29-2)12-21-23(27)25-17-13-15(8-10-20(17)30-21)22(26)24-16-5-3-4-6-16/h7-13,16H,3-6H2,1-2H3,(H,24,26)(H,25,27). The first-order valence-electron chi connectivity index (χ1n) is 9.95. The van der Waals surface area contributed by atoms with Gasteiger partial charge in [-0.2, -0.15) is 0 Å². The van der Waals surface area contributed by atoms with E-state index in [9.17, 15) is 9.59 Å². The van der Waals surface area contributed by atoms with Gasteiger partial charge >= 0.3 is 0 Å². The van der Waals surface area contributed by atoms with Crippen LogP contribution in [-0.4, -0.2) is 32.1 Å². The van der Waals surface area contributed by atoms with E-state index in [-0.39, 0.29) is 17.9 Å². The molecule has 2 aliphatic rings. The van der Waals surface area contributed by atoms with Crippen molar-refractivity contribution >= 4 is 35.3 Å². The molecule has 1 aliphatic carbocycles. The first kappa shape index (κ1) is 20.3. The van der Waals surface area contributed by atoms with Crippen molar-refractivity contribution in [2.24, 2.45) is 0 Å². The highest BCUT2D eigenvalue weighted by Gasteiger charge is 2.23. The minimum Gasteiger partial charge on any atom is -0.493 e. The predicted octanol–water partition coefficient (Wildman–Crippen LogP) is 4.46. The zero-order chi connectivity index (χ0) is 21.1. The van der Waals surface area contributed by atoms with Crippen molar-refractivity contribution in [2.45, 2.75) is 36.6 Å². The third kappa shape index (κ3) is 4.31. The summed E-state index contributed by atoms with van der Waals surface area (Å²) in [6, 6.07) is 11.2. The van der Waals surface area contributed by atoms with Crippen LogP contribution in [0.2, 0.25) is 0 Å². The van der Waals surface area contributed by atoms with Crippen LogP contribution in [0.5, 0.6) is 11.5 Å². The number of carbonyl (C=O) groups excluding carboxylic acids is 2. The molecule has 156 valence electrons. The Morgan fingerprint density at radius 3 is 2.60 bits per heavy atom.